The summed E-state index contributed by atoms with van der Waals surface area (Å²) in [6, 6.07) is 3.59. The average molecular weight is 320 g/mol. The summed E-state index contributed by atoms with van der Waals surface area (Å²) in [6.07, 6.45) is 3.27. The van der Waals surface area contributed by atoms with Crippen molar-refractivity contribution in [3.8, 4) is 11.8 Å². The number of nitrogens with one attached hydrogen (secondary N) is 1. The summed E-state index contributed by atoms with van der Waals surface area (Å²) in [5.41, 5.74) is 0. The summed E-state index contributed by atoms with van der Waals surface area (Å²) in [6.45, 7) is 2.59. The van der Waals surface area contributed by atoms with Gasteiger partial charge in [0.05, 0.1) is 22.9 Å². The quantitative estimate of drug-likeness (QED) is 0.832. The van der Waals surface area contributed by atoms with Crippen molar-refractivity contribution in [3.05, 3.63) is 38.0 Å². The van der Waals surface area contributed by atoms with Gasteiger partial charge in [-0.1, -0.05) is 18.8 Å². The van der Waals surface area contributed by atoms with Crippen LogP contribution in [0.3, 0.4) is 0 Å². The molecular formula is C15H16N2O2S2. The number of thiazole rings is 1. The second-order valence-electron chi connectivity index (χ2n) is 4.20. The summed E-state index contributed by atoms with van der Waals surface area (Å²) >= 11 is 2.97. The van der Waals surface area contributed by atoms with Gasteiger partial charge in [-0.2, -0.15) is 0 Å². The molecule has 0 atom stereocenters. The Morgan fingerprint density at radius 1 is 1.43 bits per heavy atom. The first-order valence-corrected chi connectivity index (χ1v) is 8.27. The number of aryl methyl sites for hydroxylation is 1. The van der Waals surface area contributed by atoms with Crippen LogP contribution in [0.4, 0.5) is 0 Å². The first kappa shape index (κ1) is 15.7. The number of thiophene rings is 1. The Bertz CT molecular complexity index is 665. The van der Waals surface area contributed by atoms with E-state index in [1.54, 1.807) is 17.4 Å². The number of aliphatic hydroxyl groups is 1. The summed E-state index contributed by atoms with van der Waals surface area (Å²) in [5.74, 6) is 5.66. The van der Waals surface area contributed by atoms with E-state index in [0.29, 0.717) is 17.8 Å². The molecule has 4 nitrogen and oxygen atoms in total. The van der Waals surface area contributed by atoms with E-state index in [1.807, 2.05) is 12.3 Å². The lowest BCUT2D eigenvalue weighted by atomic mass is 10.4. The van der Waals surface area contributed by atoms with E-state index < -0.39 is 0 Å². The van der Waals surface area contributed by atoms with Gasteiger partial charge in [0.15, 0.2) is 0 Å². The van der Waals surface area contributed by atoms with Gasteiger partial charge in [-0.15, -0.1) is 22.7 Å². The van der Waals surface area contributed by atoms with Crippen LogP contribution in [0.2, 0.25) is 0 Å². The highest BCUT2D eigenvalue weighted by Crippen LogP contribution is 2.16. The molecule has 0 saturated carbocycles. The molecule has 6 heteroatoms. The molecule has 2 rings (SSSR count). The molecule has 0 aromatic carbocycles. The number of amides is 1. The van der Waals surface area contributed by atoms with Gasteiger partial charge in [-0.05, 0) is 18.6 Å². The molecule has 21 heavy (non-hydrogen) atoms. The third-order valence-corrected chi connectivity index (χ3v) is 4.77. The van der Waals surface area contributed by atoms with Crippen LogP contribution in [0.15, 0.2) is 18.3 Å². The molecule has 110 valence electrons. The van der Waals surface area contributed by atoms with Gasteiger partial charge in [0, 0.05) is 17.5 Å². The molecule has 2 aromatic rings. The van der Waals surface area contributed by atoms with E-state index >= 15 is 0 Å². The molecule has 0 bridgehead atoms. The Hall–Kier alpha value is -1.68. The second-order valence-corrected chi connectivity index (χ2v) is 6.48. The monoisotopic (exact) mass is 320 g/mol. The van der Waals surface area contributed by atoms with E-state index in [1.165, 1.54) is 16.2 Å². The summed E-state index contributed by atoms with van der Waals surface area (Å²) in [5, 5.41) is 12.4. The lowest BCUT2D eigenvalue weighted by molar-refractivity contribution is 0.0955. The zero-order valence-electron chi connectivity index (χ0n) is 11.7. The molecule has 0 aliphatic rings. The Morgan fingerprint density at radius 2 is 2.29 bits per heavy atom. The lowest BCUT2D eigenvalue weighted by Crippen LogP contribution is -2.21. The van der Waals surface area contributed by atoms with Crippen molar-refractivity contribution in [2.24, 2.45) is 0 Å². The molecule has 2 heterocycles. The van der Waals surface area contributed by atoms with Crippen LogP contribution < -0.4 is 5.32 Å². The molecule has 0 radical (unpaired) electrons. The smallest absolute Gasteiger partial charge is 0.261 e. The Kier molecular flexibility index (Phi) is 5.93. The topological polar surface area (TPSA) is 62.2 Å². The van der Waals surface area contributed by atoms with Crippen molar-refractivity contribution in [2.75, 3.05) is 6.61 Å². The van der Waals surface area contributed by atoms with Gasteiger partial charge in [0.1, 0.15) is 5.01 Å². The van der Waals surface area contributed by atoms with E-state index in [4.69, 9.17) is 5.11 Å². The fraction of sp³-hybridized carbons (Fsp3) is 0.333. The molecule has 0 aliphatic heterocycles. The number of carbonyl (C=O) groups is 1. The number of carbonyl (C=O) groups excluding carboxylic acids is 1. The minimum absolute atomic E-state index is 0.0548. The average Bonchev–Trinajstić information content (AvgIpc) is 3.14. The van der Waals surface area contributed by atoms with Gasteiger partial charge in [0.2, 0.25) is 0 Å². The minimum atomic E-state index is -0.108. The molecule has 0 fully saturated rings. The van der Waals surface area contributed by atoms with Crippen molar-refractivity contribution in [1.29, 1.82) is 0 Å². The summed E-state index contributed by atoms with van der Waals surface area (Å²) < 4.78 is 0. The van der Waals surface area contributed by atoms with Gasteiger partial charge in [-0.25, -0.2) is 4.98 Å². The number of rotatable bonds is 5. The van der Waals surface area contributed by atoms with Gasteiger partial charge in [0.25, 0.3) is 5.91 Å². The lowest BCUT2D eigenvalue weighted by Gasteiger charge is -1.99. The van der Waals surface area contributed by atoms with E-state index in [-0.39, 0.29) is 12.5 Å². The Labute approximate surface area is 131 Å². The normalized spacial score (nSPS) is 10.0. The zero-order valence-corrected chi connectivity index (χ0v) is 13.3. The number of hydrogen-bond acceptors (Lipinski definition) is 5. The zero-order chi connectivity index (χ0) is 15.1. The van der Waals surface area contributed by atoms with Crippen LogP contribution in [0, 0.1) is 11.8 Å². The first-order chi connectivity index (χ1) is 10.2. The SMILES string of the molecule is CCc1cnc(CNC(=O)c2ccc(C#CCCO)s2)s1. The predicted octanol–water partition coefficient (Wildman–Crippen LogP) is 2.43. The number of aliphatic hydroxyl groups excluding tert-OH is 1. The maximum Gasteiger partial charge on any atom is 0.261 e. The Morgan fingerprint density at radius 3 is 3.00 bits per heavy atom. The number of nitrogens with zero attached hydrogens (tertiary/aromatic N) is 1. The highest BCUT2D eigenvalue weighted by atomic mass is 32.1. The predicted molar refractivity (Wildman–Crippen MR) is 85.6 cm³/mol. The largest absolute Gasteiger partial charge is 0.395 e. The minimum Gasteiger partial charge on any atom is -0.395 e. The van der Waals surface area contributed by atoms with Crippen molar-refractivity contribution in [2.45, 2.75) is 26.3 Å². The third kappa shape index (κ3) is 4.67. The second kappa shape index (κ2) is 7.93. The van der Waals surface area contributed by atoms with Gasteiger partial charge < -0.3 is 10.4 Å². The maximum absolute atomic E-state index is 12.0. The van der Waals surface area contributed by atoms with Crippen LogP contribution in [0.5, 0.6) is 0 Å². The van der Waals surface area contributed by atoms with Crippen molar-refractivity contribution in [3.63, 3.8) is 0 Å². The highest BCUT2D eigenvalue weighted by Gasteiger charge is 2.09. The fourth-order valence-electron chi connectivity index (χ4n) is 1.57. The third-order valence-electron chi connectivity index (χ3n) is 2.63. The van der Waals surface area contributed by atoms with Crippen LogP contribution in [-0.4, -0.2) is 22.6 Å². The van der Waals surface area contributed by atoms with Crippen molar-refractivity contribution >= 4 is 28.6 Å². The maximum atomic E-state index is 12.0. The van der Waals surface area contributed by atoms with Gasteiger partial charge in [-0.3, -0.25) is 4.79 Å². The number of hydrogen-bond donors (Lipinski definition) is 2. The molecule has 2 N–H and O–H groups in total. The van der Waals surface area contributed by atoms with Crippen molar-refractivity contribution in [1.82, 2.24) is 10.3 Å². The molecule has 0 unspecified atom stereocenters. The Balaban J connectivity index is 1.90. The van der Waals surface area contributed by atoms with Crippen LogP contribution >= 0.6 is 22.7 Å². The first-order valence-electron chi connectivity index (χ1n) is 6.64. The molecular weight excluding hydrogens is 304 g/mol. The highest BCUT2D eigenvalue weighted by molar-refractivity contribution is 7.14. The van der Waals surface area contributed by atoms with Crippen LogP contribution in [0.1, 0.15) is 37.8 Å². The standard InChI is InChI=1S/C15H16N2O2S2/c1-2-11-9-16-14(21-11)10-17-15(19)13-7-6-12(20-13)5-3-4-8-18/h6-7,9,18H,2,4,8,10H2,1H3,(H,17,19). The van der Waals surface area contributed by atoms with Crippen molar-refractivity contribution < 1.29 is 9.90 Å². The van der Waals surface area contributed by atoms with E-state index in [9.17, 15) is 4.79 Å². The molecule has 2 aromatic heterocycles. The van der Waals surface area contributed by atoms with Crippen LogP contribution in [0.25, 0.3) is 0 Å². The number of aromatic nitrogens is 1. The van der Waals surface area contributed by atoms with Crippen LogP contribution in [-0.2, 0) is 13.0 Å². The fourth-order valence-corrected chi connectivity index (χ4v) is 3.17. The van der Waals surface area contributed by atoms with E-state index in [0.717, 1.165) is 16.3 Å². The van der Waals surface area contributed by atoms with Gasteiger partial charge >= 0.3 is 0 Å². The molecule has 0 saturated heterocycles. The molecule has 1 amide bonds. The van der Waals surface area contributed by atoms with E-state index in [2.05, 4.69) is 29.1 Å². The molecule has 0 spiro atoms. The summed E-state index contributed by atoms with van der Waals surface area (Å²) in [4.78, 5) is 19.0. The summed E-state index contributed by atoms with van der Waals surface area (Å²) in [7, 11) is 0. The molecule has 0 aliphatic carbocycles.